The maximum atomic E-state index is 12.0. The first kappa shape index (κ1) is 18.4. The first-order chi connectivity index (χ1) is 10.8. The fourth-order valence-electron chi connectivity index (χ4n) is 1.75. The first-order valence-electron chi connectivity index (χ1n) is 7.21. The molecule has 0 fully saturated rings. The zero-order valence-electron chi connectivity index (χ0n) is 13.6. The van der Waals surface area contributed by atoms with Crippen LogP contribution in [-0.4, -0.2) is 36.5 Å². The van der Waals surface area contributed by atoms with E-state index in [-0.39, 0.29) is 22.9 Å². The number of benzene rings is 1. The largest absolute Gasteiger partial charge is 0.449 e. The molecule has 0 spiro atoms. The lowest BCUT2D eigenvalue weighted by molar-refractivity contribution is -0.384. The van der Waals surface area contributed by atoms with Crippen molar-refractivity contribution in [2.75, 3.05) is 18.9 Å². The summed E-state index contributed by atoms with van der Waals surface area (Å²) in [4.78, 5) is 34.2. The van der Waals surface area contributed by atoms with Crippen molar-refractivity contribution in [1.29, 1.82) is 0 Å². The molecular formula is C15H21N3O5. The molecule has 23 heavy (non-hydrogen) atoms. The van der Waals surface area contributed by atoms with E-state index in [2.05, 4.69) is 10.6 Å². The minimum absolute atomic E-state index is 0.0132. The lowest BCUT2D eigenvalue weighted by atomic mass is 10.1. The lowest BCUT2D eigenvalue weighted by Crippen LogP contribution is -2.37. The lowest BCUT2D eigenvalue weighted by Gasteiger charge is -2.14. The van der Waals surface area contributed by atoms with Crippen LogP contribution in [0, 0.1) is 16.0 Å². The molecular weight excluding hydrogens is 302 g/mol. The molecule has 0 aliphatic rings. The Kier molecular flexibility index (Phi) is 6.49. The Labute approximate surface area is 134 Å². The number of carbonyl (C=O) groups excluding carboxylic acids is 2. The van der Waals surface area contributed by atoms with Crippen LogP contribution in [0.2, 0.25) is 0 Å². The fourth-order valence-corrected chi connectivity index (χ4v) is 1.75. The van der Waals surface area contributed by atoms with Crippen LogP contribution in [0.1, 0.15) is 31.1 Å². The molecule has 2 N–H and O–H groups in total. The summed E-state index contributed by atoms with van der Waals surface area (Å²) in [5.41, 5.74) is 0.0624. The van der Waals surface area contributed by atoms with Crippen LogP contribution >= 0.6 is 0 Å². The van der Waals surface area contributed by atoms with E-state index in [1.54, 1.807) is 7.05 Å². The van der Waals surface area contributed by atoms with E-state index in [9.17, 15) is 19.7 Å². The second-order valence-corrected chi connectivity index (χ2v) is 5.43. The van der Waals surface area contributed by atoms with E-state index in [1.165, 1.54) is 19.1 Å². The van der Waals surface area contributed by atoms with Crippen molar-refractivity contribution in [2.24, 2.45) is 5.92 Å². The van der Waals surface area contributed by atoms with Crippen molar-refractivity contribution >= 4 is 23.3 Å². The second kappa shape index (κ2) is 8.11. The van der Waals surface area contributed by atoms with E-state index >= 15 is 0 Å². The number of amides is 1. The van der Waals surface area contributed by atoms with Crippen LogP contribution in [0.15, 0.2) is 18.2 Å². The first-order valence-corrected chi connectivity index (χ1v) is 7.21. The zero-order chi connectivity index (χ0) is 17.6. The zero-order valence-corrected chi connectivity index (χ0v) is 13.6. The van der Waals surface area contributed by atoms with Crippen LogP contribution in [0.4, 0.5) is 11.4 Å². The van der Waals surface area contributed by atoms with E-state index in [4.69, 9.17) is 4.74 Å². The average molecular weight is 323 g/mol. The van der Waals surface area contributed by atoms with Crippen LogP contribution in [0.25, 0.3) is 0 Å². The number of rotatable bonds is 7. The molecule has 0 aliphatic carbocycles. The molecule has 1 amide bonds. The Morgan fingerprint density at radius 1 is 1.30 bits per heavy atom. The summed E-state index contributed by atoms with van der Waals surface area (Å²) < 4.78 is 5.04. The molecule has 126 valence electrons. The van der Waals surface area contributed by atoms with E-state index < -0.39 is 22.9 Å². The van der Waals surface area contributed by atoms with E-state index in [0.717, 1.165) is 6.07 Å². The normalized spacial score (nSPS) is 11.7. The van der Waals surface area contributed by atoms with Crippen molar-refractivity contribution in [1.82, 2.24) is 5.32 Å². The third-order valence-corrected chi connectivity index (χ3v) is 3.04. The summed E-state index contributed by atoms with van der Waals surface area (Å²) in [6, 6.07) is 3.94. The third kappa shape index (κ3) is 5.24. The Morgan fingerprint density at radius 2 is 1.96 bits per heavy atom. The topological polar surface area (TPSA) is 111 Å². The summed E-state index contributed by atoms with van der Waals surface area (Å²) in [5, 5.41) is 16.3. The van der Waals surface area contributed by atoms with Gasteiger partial charge < -0.3 is 15.4 Å². The van der Waals surface area contributed by atoms with Crippen LogP contribution in [0.3, 0.4) is 0 Å². The highest BCUT2D eigenvalue weighted by Crippen LogP contribution is 2.25. The Balaban J connectivity index is 2.80. The quantitative estimate of drug-likeness (QED) is 0.451. The highest BCUT2D eigenvalue weighted by atomic mass is 16.6. The summed E-state index contributed by atoms with van der Waals surface area (Å²) in [6.07, 6.45) is -0.982. The van der Waals surface area contributed by atoms with Gasteiger partial charge in [-0.3, -0.25) is 14.9 Å². The maximum absolute atomic E-state index is 12.0. The Hall–Kier alpha value is -2.64. The highest BCUT2D eigenvalue weighted by molar-refractivity contribution is 5.93. The predicted octanol–water partition coefficient (Wildman–Crippen LogP) is 1.95. The van der Waals surface area contributed by atoms with Gasteiger partial charge in [0.1, 0.15) is 5.69 Å². The molecule has 8 heteroatoms. The smallest absolute Gasteiger partial charge is 0.339 e. The van der Waals surface area contributed by atoms with E-state index in [1.807, 2.05) is 13.8 Å². The molecule has 0 saturated carbocycles. The molecule has 1 aromatic rings. The number of carbonyl (C=O) groups is 2. The summed E-state index contributed by atoms with van der Waals surface area (Å²) in [6.45, 7) is 5.81. The summed E-state index contributed by atoms with van der Waals surface area (Å²) in [7, 11) is 1.54. The van der Waals surface area contributed by atoms with Crippen LogP contribution in [-0.2, 0) is 9.53 Å². The standard InChI is InChI=1S/C15H21N3O5/c1-9(2)8-17-14(19)10(3)23-15(20)11-5-6-12(16-4)13(7-11)18(21)22/h5-7,9-10,16H,8H2,1-4H3,(H,17,19)/t10-/m0/s1. The maximum Gasteiger partial charge on any atom is 0.339 e. The number of nitro groups is 1. The molecule has 1 atom stereocenters. The average Bonchev–Trinajstić information content (AvgIpc) is 2.51. The SMILES string of the molecule is CNc1ccc(C(=O)O[C@@H](C)C(=O)NCC(C)C)cc1[N+](=O)[O-]. The molecule has 0 heterocycles. The van der Waals surface area contributed by atoms with Gasteiger partial charge in [-0.1, -0.05) is 13.8 Å². The Morgan fingerprint density at radius 3 is 2.48 bits per heavy atom. The van der Waals surface area contributed by atoms with Gasteiger partial charge >= 0.3 is 5.97 Å². The Bertz CT molecular complexity index is 601. The van der Waals surface area contributed by atoms with Crippen molar-refractivity contribution in [2.45, 2.75) is 26.9 Å². The number of nitrogens with one attached hydrogen (secondary N) is 2. The number of hydrogen-bond donors (Lipinski definition) is 2. The van der Waals surface area contributed by atoms with Gasteiger partial charge in [0.25, 0.3) is 11.6 Å². The molecule has 0 aromatic heterocycles. The van der Waals surface area contributed by atoms with Crippen molar-refractivity contribution in [3.63, 3.8) is 0 Å². The number of esters is 1. The minimum Gasteiger partial charge on any atom is -0.449 e. The van der Waals surface area contributed by atoms with E-state index in [0.29, 0.717) is 6.54 Å². The predicted molar refractivity (Wildman–Crippen MR) is 85.4 cm³/mol. The van der Waals surface area contributed by atoms with Gasteiger partial charge in [-0.25, -0.2) is 4.79 Å². The highest BCUT2D eigenvalue weighted by Gasteiger charge is 2.22. The fraction of sp³-hybridized carbons (Fsp3) is 0.467. The van der Waals surface area contributed by atoms with Gasteiger partial charge in [0, 0.05) is 19.7 Å². The minimum atomic E-state index is -0.982. The molecule has 1 rings (SSSR count). The molecule has 0 saturated heterocycles. The number of nitrogens with zero attached hydrogens (tertiary/aromatic N) is 1. The summed E-state index contributed by atoms with van der Waals surface area (Å²) in [5.74, 6) is -0.921. The van der Waals surface area contributed by atoms with Gasteiger partial charge in [-0.05, 0) is 25.0 Å². The second-order valence-electron chi connectivity index (χ2n) is 5.43. The number of anilines is 1. The van der Waals surface area contributed by atoms with Gasteiger partial charge in [0.05, 0.1) is 10.5 Å². The monoisotopic (exact) mass is 323 g/mol. The van der Waals surface area contributed by atoms with Gasteiger partial charge in [0.15, 0.2) is 6.10 Å². The van der Waals surface area contributed by atoms with Gasteiger partial charge in [-0.15, -0.1) is 0 Å². The van der Waals surface area contributed by atoms with Gasteiger partial charge in [0.2, 0.25) is 0 Å². The van der Waals surface area contributed by atoms with Crippen molar-refractivity contribution in [3.8, 4) is 0 Å². The molecule has 0 unspecified atom stereocenters. The number of hydrogen-bond acceptors (Lipinski definition) is 6. The summed E-state index contributed by atoms with van der Waals surface area (Å²) >= 11 is 0. The van der Waals surface area contributed by atoms with Crippen LogP contribution in [0.5, 0.6) is 0 Å². The van der Waals surface area contributed by atoms with Crippen molar-refractivity contribution in [3.05, 3.63) is 33.9 Å². The van der Waals surface area contributed by atoms with Gasteiger partial charge in [-0.2, -0.15) is 0 Å². The molecule has 0 aliphatic heterocycles. The molecule has 0 bridgehead atoms. The number of ether oxygens (including phenoxy) is 1. The molecule has 0 radical (unpaired) electrons. The third-order valence-electron chi connectivity index (χ3n) is 3.04. The van der Waals surface area contributed by atoms with Crippen LogP contribution < -0.4 is 10.6 Å². The van der Waals surface area contributed by atoms with Crippen molar-refractivity contribution < 1.29 is 19.2 Å². The molecule has 8 nitrogen and oxygen atoms in total. The molecule has 1 aromatic carbocycles. The number of nitro benzene ring substituents is 1.